The number of amides is 2. The summed E-state index contributed by atoms with van der Waals surface area (Å²) in [5.74, 6) is -0.829. The van der Waals surface area contributed by atoms with Crippen molar-refractivity contribution in [3.8, 4) is 0 Å². The quantitative estimate of drug-likeness (QED) is 0.502. The van der Waals surface area contributed by atoms with Gasteiger partial charge in [-0.05, 0) is 48.9 Å². The molecular formula is C26H26ClN3O5S. The van der Waals surface area contributed by atoms with Gasteiger partial charge >= 0.3 is 0 Å². The van der Waals surface area contributed by atoms with Crippen LogP contribution in [0.15, 0.2) is 77.7 Å². The second-order valence-electron chi connectivity index (χ2n) is 8.25. The zero-order valence-electron chi connectivity index (χ0n) is 19.7. The molecule has 36 heavy (non-hydrogen) atoms. The van der Waals surface area contributed by atoms with Gasteiger partial charge in [0.1, 0.15) is 6.54 Å². The predicted octanol–water partition coefficient (Wildman–Crippen LogP) is 3.95. The lowest BCUT2D eigenvalue weighted by Gasteiger charge is -2.28. The largest absolute Gasteiger partial charge is 0.378 e. The van der Waals surface area contributed by atoms with Gasteiger partial charge in [-0.25, -0.2) is 8.42 Å². The Kier molecular flexibility index (Phi) is 7.93. The highest BCUT2D eigenvalue weighted by atomic mass is 35.5. The smallest absolute Gasteiger partial charge is 0.264 e. The van der Waals surface area contributed by atoms with Crippen molar-refractivity contribution in [3.05, 3.63) is 88.9 Å². The van der Waals surface area contributed by atoms with Gasteiger partial charge in [0, 0.05) is 18.1 Å². The van der Waals surface area contributed by atoms with E-state index in [-0.39, 0.29) is 10.8 Å². The third-order valence-electron chi connectivity index (χ3n) is 5.79. The number of nitrogens with one attached hydrogen (secondary N) is 1. The normalized spacial score (nSPS) is 13.8. The van der Waals surface area contributed by atoms with Crippen LogP contribution < -0.4 is 9.62 Å². The Labute approximate surface area is 215 Å². The number of nitrogens with zero attached hydrogens (tertiary/aromatic N) is 2. The molecule has 1 saturated heterocycles. The highest BCUT2D eigenvalue weighted by Crippen LogP contribution is 2.29. The van der Waals surface area contributed by atoms with Crippen LogP contribution in [0.25, 0.3) is 0 Å². The van der Waals surface area contributed by atoms with Crippen molar-refractivity contribution in [1.29, 1.82) is 0 Å². The molecule has 0 atom stereocenters. The number of carbonyl (C=O) groups is 2. The first-order valence-corrected chi connectivity index (χ1v) is 13.2. The van der Waals surface area contributed by atoms with E-state index in [1.807, 2.05) is 0 Å². The number of halogens is 1. The molecule has 2 amide bonds. The molecule has 0 bridgehead atoms. The highest BCUT2D eigenvalue weighted by molar-refractivity contribution is 7.92. The van der Waals surface area contributed by atoms with Gasteiger partial charge in [-0.1, -0.05) is 48.0 Å². The van der Waals surface area contributed by atoms with E-state index in [4.69, 9.17) is 16.3 Å². The zero-order valence-corrected chi connectivity index (χ0v) is 21.3. The van der Waals surface area contributed by atoms with E-state index < -0.39 is 22.5 Å². The maximum atomic E-state index is 13.6. The Bertz CT molecular complexity index is 1360. The fourth-order valence-corrected chi connectivity index (χ4v) is 5.57. The third-order valence-corrected chi connectivity index (χ3v) is 7.80. The second-order valence-corrected chi connectivity index (χ2v) is 10.6. The van der Waals surface area contributed by atoms with Crippen molar-refractivity contribution >= 4 is 44.8 Å². The molecule has 0 aromatic heterocycles. The van der Waals surface area contributed by atoms with Crippen LogP contribution in [0.4, 0.5) is 11.4 Å². The van der Waals surface area contributed by atoms with Crippen LogP contribution in [0, 0.1) is 6.92 Å². The molecule has 0 saturated carbocycles. The standard InChI is InChI=1S/C26H26ClN3O5S/c1-19-11-12-20(27)17-24(19)30(36(33,34)21-7-3-2-4-8-21)18-25(31)28-23-10-6-5-9-22(23)26(32)29-13-15-35-16-14-29/h2-12,17H,13-16,18H2,1H3,(H,28,31). The second kappa shape index (κ2) is 11.1. The summed E-state index contributed by atoms with van der Waals surface area (Å²) in [5.41, 5.74) is 1.55. The SMILES string of the molecule is Cc1ccc(Cl)cc1N(CC(=O)Nc1ccccc1C(=O)N1CCOCC1)S(=O)(=O)c1ccccc1. The number of rotatable bonds is 7. The molecule has 0 spiro atoms. The van der Waals surface area contributed by atoms with Crippen molar-refractivity contribution in [2.24, 2.45) is 0 Å². The molecule has 1 fully saturated rings. The molecule has 1 N–H and O–H groups in total. The number of aryl methyl sites for hydroxylation is 1. The van der Waals surface area contributed by atoms with E-state index in [1.54, 1.807) is 66.4 Å². The minimum atomic E-state index is -4.10. The lowest BCUT2D eigenvalue weighted by molar-refractivity contribution is -0.114. The summed E-state index contributed by atoms with van der Waals surface area (Å²) in [4.78, 5) is 28.0. The summed E-state index contributed by atoms with van der Waals surface area (Å²) >= 11 is 6.18. The number of benzene rings is 3. The van der Waals surface area contributed by atoms with Gasteiger partial charge < -0.3 is 15.0 Å². The van der Waals surface area contributed by atoms with Crippen molar-refractivity contribution in [1.82, 2.24) is 4.90 Å². The van der Waals surface area contributed by atoms with Gasteiger partial charge in [-0.2, -0.15) is 0 Å². The number of anilines is 2. The molecule has 3 aromatic carbocycles. The molecule has 4 rings (SSSR count). The van der Waals surface area contributed by atoms with Gasteiger partial charge in [0.05, 0.1) is 35.0 Å². The highest BCUT2D eigenvalue weighted by Gasteiger charge is 2.29. The number of para-hydroxylation sites is 1. The molecule has 1 aliphatic heterocycles. The monoisotopic (exact) mass is 527 g/mol. The van der Waals surface area contributed by atoms with Crippen LogP contribution in [0.3, 0.4) is 0 Å². The number of sulfonamides is 1. The van der Waals surface area contributed by atoms with Crippen LogP contribution in [-0.4, -0.2) is 58.0 Å². The van der Waals surface area contributed by atoms with E-state index in [1.165, 1.54) is 18.2 Å². The molecule has 0 unspecified atom stereocenters. The molecule has 3 aromatic rings. The number of hydrogen-bond acceptors (Lipinski definition) is 5. The average molecular weight is 528 g/mol. The van der Waals surface area contributed by atoms with E-state index in [2.05, 4.69) is 5.32 Å². The molecule has 10 heteroatoms. The first-order chi connectivity index (χ1) is 17.3. The number of carbonyl (C=O) groups excluding carboxylic acids is 2. The zero-order chi connectivity index (χ0) is 25.7. The van der Waals surface area contributed by atoms with E-state index in [0.29, 0.717) is 53.8 Å². The Morgan fingerprint density at radius 2 is 1.67 bits per heavy atom. The summed E-state index contributed by atoms with van der Waals surface area (Å²) < 4.78 is 33.5. The fraction of sp³-hybridized carbons (Fsp3) is 0.231. The van der Waals surface area contributed by atoms with E-state index in [0.717, 1.165) is 4.31 Å². The van der Waals surface area contributed by atoms with Crippen molar-refractivity contribution < 1.29 is 22.7 Å². The van der Waals surface area contributed by atoms with Gasteiger partial charge in [0.15, 0.2) is 0 Å². The van der Waals surface area contributed by atoms with Crippen LogP contribution in [-0.2, 0) is 19.6 Å². The predicted molar refractivity (Wildman–Crippen MR) is 139 cm³/mol. The van der Waals surface area contributed by atoms with Gasteiger partial charge in [0.2, 0.25) is 5.91 Å². The summed E-state index contributed by atoms with van der Waals surface area (Å²) in [6.07, 6.45) is 0. The van der Waals surface area contributed by atoms with Crippen LogP contribution >= 0.6 is 11.6 Å². The summed E-state index contributed by atoms with van der Waals surface area (Å²) in [6, 6.07) is 19.4. The number of hydrogen-bond donors (Lipinski definition) is 1. The first kappa shape index (κ1) is 25.7. The average Bonchev–Trinajstić information content (AvgIpc) is 2.89. The molecule has 1 heterocycles. The molecule has 188 valence electrons. The topological polar surface area (TPSA) is 96.0 Å². The summed E-state index contributed by atoms with van der Waals surface area (Å²) in [5, 5.41) is 3.07. The lowest BCUT2D eigenvalue weighted by Crippen LogP contribution is -2.41. The molecule has 8 nitrogen and oxygen atoms in total. The fourth-order valence-electron chi connectivity index (χ4n) is 3.91. The third kappa shape index (κ3) is 5.70. The van der Waals surface area contributed by atoms with Crippen molar-refractivity contribution in [2.75, 3.05) is 42.5 Å². The van der Waals surface area contributed by atoms with E-state index in [9.17, 15) is 18.0 Å². The minimum absolute atomic E-state index is 0.0417. The maximum Gasteiger partial charge on any atom is 0.264 e. The van der Waals surface area contributed by atoms with Crippen molar-refractivity contribution in [2.45, 2.75) is 11.8 Å². The molecule has 1 aliphatic rings. The number of ether oxygens (including phenoxy) is 1. The first-order valence-electron chi connectivity index (χ1n) is 11.4. The summed E-state index contributed by atoms with van der Waals surface area (Å²) in [6.45, 7) is 3.04. The van der Waals surface area contributed by atoms with Crippen LogP contribution in [0.1, 0.15) is 15.9 Å². The molecular weight excluding hydrogens is 502 g/mol. The van der Waals surface area contributed by atoms with Gasteiger partial charge in [-0.3, -0.25) is 13.9 Å². The summed E-state index contributed by atoms with van der Waals surface area (Å²) in [7, 11) is -4.10. The Hall–Kier alpha value is -3.40. The molecule has 0 aliphatic carbocycles. The van der Waals surface area contributed by atoms with Crippen LogP contribution in [0.5, 0.6) is 0 Å². The Morgan fingerprint density at radius 1 is 1.00 bits per heavy atom. The van der Waals surface area contributed by atoms with E-state index >= 15 is 0 Å². The van der Waals surface area contributed by atoms with Gasteiger partial charge in [0.25, 0.3) is 15.9 Å². The van der Waals surface area contributed by atoms with Crippen LogP contribution in [0.2, 0.25) is 5.02 Å². The Balaban J connectivity index is 1.64. The number of morpholine rings is 1. The Morgan fingerprint density at radius 3 is 2.39 bits per heavy atom. The maximum absolute atomic E-state index is 13.6. The lowest BCUT2D eigenvalue weighted by atomic mass is 10.1. The minimum Gasteiger partial charge on any atom is -0.378 e. The molecule has 0 radical (unpaired) electrons. The van der Waals surface area contributed by atoms with Crippen molar-refractivity contribution in [3.63, 3.8) is 0 Å². The van der Waals surface area contributed by atoms with Gasteiger partial charge in [-0.15, -0.1) is 0 Å².